The molecule has 0 radical (unpaired) electrons. The average Bonchev–Trinajstić information content (AvgIpc) is 3.25. The first-order chi connectivity index (χ1) is 13.7. The molecule has 6 atom stereocenters. The molecule has 2 aliphatic carbocycles. The maximum absolute atomic E-state index is 13.2. The van der Waals surface area contributed by atoms with Gasteiger partial charge in [0.25, 0.3) is 0 Å². The van der Waals surface area contributed by atoms with Crippen LogP contribution in [0.15, 0.2) is 70.5 Å². The average molecular weight is 456 g/mol. The van der Waals surface area contributed by atoms with E-state index < -0.39 is 58.4 Å². The Hall–Kier alpha value is -1.97. The van der Waals surface area contributed by atoms with Gasteiger partial charge in [0.1, 0.15) is 5.25 Å². The maximum Gasteiger partial charge on any atom is 0.234 e. The lowest BCUT2D eigenvalue weighted by Gasteiger charge is -2.33. The Morgan fingerprint density at radius 2 is 1.24 bits per heavy atom. The highest BCUT2D eigenvalue weighted by Gasteiger charge is 2.69. The molecule has 2 saturated carbocycles. The number of nitrogens with zero attached hydrogens (tertiary/aromatic N) is 1. The Morgan fingerprint density at radius 3 is 1.69 bits per heavy atom. The second-order valence-electron chi connectivity index (χ2n) is 7.43. The summed E-state index contributed by atoms with van der Waals surface area (Å²) in [6.07, 6.45) is 0.0905. The number of benzene rings is 2. The van der Waals surface area contributed by atoms with E-state index in [1.807, 2.05) is 0 Å². The summed E-state index contributed by atoms with van der Waals surface area (Å²) in [5, 5.41) is 8.32. The van der Waals surface area contributed by atoms with Gasteiger partial charge in [-0.1, -0.05) is 36.4 Å². The molecule has 0 spiro atoms. The number of fused-ring (bicyclic) bond motifs is 2. The van der Waals surface area contributed by atoms with Gasteiger partial charge in [-0.3, -0.25) is 10.1 Å². The number of nitro groups is 1. The van der Waals surface area contributed by atoms with Crippen molar-refractivity contribution in [3.8, 4) is 0 Å². The molecule has 0 aromatic heterocycles. The minimum absolute atomic E-state index is 0.0178. The van der Waals surface area contributed by atoms with Gasteiger partial charge in [0.15, 0.2) is 19.7 Å². The first kappa shape index (κ1) is 20.3. The zero-order valence-electron chi connectivity index (χ0n) is 15.0. The molecule has 2 bridgehead atoms. The number of hydrogen-bond donors (Lipinski definition) is 0. The van der Waals surface area contributed by atoms with Crippen molar-refractivity contribution >= 4 is 31.3 Å². The second kappa shape index (κ2) is 7.07. The third kappa shape index (κ3) is 3.06. The SMILES string of the molecule is O=[N+]([O-])[C@@H]1[C@H]2C[C@H]([C@@H](Cl)[C@@H]2S(=O)(=O)c2ccccc2)[C@H]1S(=O)(=O)c1ccccc1. The van der Waals surface area contributed by atoms with Gasteiger partial charge in [0.2, 0.25) is 6.04 Å². The number of hydrogen-bond acceptors (Lipinski definition) is 6. The third-order valence-corrected chi connectivity index (χ3v) is 11.3. The quantitative estimate of drug-likeness (QED) is 0.389. The Balaban J connectivity index is 1.78. The summed E-state index contributed by atoms with van der Waals surface area (Å²) < 4.78 is 52.7. The van der Waals surface area contributed by atoms with Crippen LogP contribution in [0.1, 0.15) is 6.42 Å². The molecule has 154 valence electrons. The molecule has 0 saturated heterocycles. The largest absolute Gasteiger partial charge is 0.264 e. The molecule has 0 amide bonds. The molecule has 10 heteroatoms. The van der Waals surface area contributed by atoms with E-state index in [0.29, 0.717) is 0 Å². The van der Waals surface area contributed by atoms with Crippen LogP contribution in [0.4, 0.5) is 0 Å². The zero-order valence-corrected chi connectivity index (χ0v) is 17.4. The molecule has 2 aromatic rings. The van der Waals surface area contributed by atoms with Gasteiger partial charge in [-0.15, -0.1) is 11.6 Å². The summed E-state index contributed by atoms with van der Waals surface area (Å²) in [6.45, 7) is 0. The van der Waals surface area contributed by atoms with Crippen LogP contribution in [0.25, 0.3) is 0 Å². The standard InChI is InChI=1S/C19H18ClNO6S2/c20-16-14-11-15(18(16)28(24,25)12-7-3-1-4-8-12)17(21(22)23)19(14)29(26,27)13-9-5-2-6-10-13/h1-10,14-19H,11H2/t14-,15-,16-,17-,18-,19-/m1/s1. The van der Waals surface area contributed by atoms with Gasteiger partial charge in [-0.2, -0.15) is 0 Å². The minimum Gasteiger partial charge on any atom is -0.264 e. The Labute approximate surface area is 173 Å². The van der Waals surface area contributed by atoms with E-state index in [9.17, 15) is 26.9 Å². The van der Waals surface area contributed by atoms with Crippen LogP contribution < -0.4 is 0 Å². The summed E-state index contributed by atoms with van der Waals surface area (Å²) in [4.78, 5) is 11.3. The molecular formula is C19H18ClNO6S2. The van der Waals surface area contributed by atoms with E-state index in [1.165, 1.54) is 24.3 Å². The highest BCUT2D eigenvalue weighted by Crippen LogP contribution is 2.55. The van der Waals surface area contributed by atoms with Crippen LogP contribution in [0.5, 0.6) is 0 Å². The third-order valence-electron chi connectivity index (χ3n) is 5.99. The van der Waals surface area contributed by atoms with E-state index in [2.05, 4.69) is 0 Å². The van der Waals surface area contributed by atoms with Crippen LogP contribution in [0.2, 0.25) is 0 Å². The zero-order chi connectivity index (χ0) is 21.0. The molecule has 4 rings (SSSR count). The fraction of sp³-hybridized carbons (Fsp3) is 0.368. The van der Waals surface area contributed by atoms with Crippen LogP contribution in [0, 0.1) is 22.0 Å². The Morgan fingerprint density at radius 1 is 0.793 bits per heavy atom. The van der Waals surface area contributed by atoms with Crippen LogP contribution >= 0.6 is 11.6 Å². The number of halogens is 1. The Bertz CT molecular complexity index is 1140. The fourth-order valence-corrected chi connectivity index (χ4v) is 10.2. The fourth-order valence-electron chi connectivity index (χ4n) is 4.83. The van der Waals surface area contributed by atoms with Gasteiger partial charge in [0.05, 0.1) is 20.4 Å². The van der Waals surface area contributed by atoms with Crippen molar-refractivity contribution in [2.75, 3.05) is 0 Å². The predicted molar refractivity (Wildman–Crippen MR) is 107 cm³/mol. The van der Waals surface area contributed by atoms with Crippen molar-refractivity contribution in [2.45, 2.75) is 38.1 Å². The van der Waals surface area contributed by atoms with Gasteiger partial charge in [0, 0.05) is 16.8 Å². The van der Waals surface area contributed by atoms with Crippen molar-refractivity contribution in [3.05, 3.63) is 70.8 Å². The van der Waals surface area contributed by atoms with Gasteiger partial charge >= 0.3 is 0 Å². The molecule has 0 aliphatic heterocycles. The predicted octanol–water partition coefficient (Wildman–Crippen LogP) is 2.57. The normalized spacial score (nSPS) is 31.6. The lowest BCUT2D eigenvalue weighted by Crippen LogP contribution is -2.54. The van der Waals surface area contributed by atoms with Crippen molar-refractivity contribution < 1.29 is 21.8 Å². The van der Waals surface area contributed by atoms with Crippen molar-refractivity contribution in [3.63, 3.8) is 0 Å². The summed E-state index contributed by atoms with van der Waals surface area (Å²) >= 11 is 6.50. The lowest BCUT2D eigenvalue weighted by atomic mass is 9.94. The summed E-state index contributed by atoms with van der Waals surface area (Å²) in [7, 11) is -8.00. The molecule has 0 N–H and O–H groups in total. The smallest absolute Gasteiger partial charge is 0.234 e. The topological polar surface area (TPSA) is 111 Å². The van der Waals surface area contributed by atoms with Gasteiger partial charge < -0.3 is 0 Å². The first-order valence-electron chi connectivity index (χ1n) is 9.03. The number of sulfone groups is 2. The summed E-state index contributed by atoms with van der Waals surface area (Å²) in [5.74, 6) is -1.78. The molecule has 2 aliphatic rings. The molecule has 0 heterocycles. The van der Waals surface area contributed by atoms with E-state index in [-0.39, 0.29) is 16.2 Å². The van der Waals surface area contributed by atoms with E-state index in [1.54, 1.807) is 36.4 Å². The molecule has 29 heavy (non-hydrogen) atoms. The summed E-state index contributed by atoms with van der Waals surface area (Å²) in [5.41, 5.74) is 0. The minimum atomic E-state index is -4.05. The molecule has 2 aromatic carbocycles. The lowest BCUT2D eigenvalue weighted by molar-refractivity contribution is -0.528. The van der Waals surface area contributed by atoms with Crippen LogP contribution in [-0.4, -0.2) is 43.7 Å². The van der Waals surface area contributed by atoms with Crippen LogP contribution in [-0.2, 0) is 19.7 Å². The monoisotopic (exact) mass is 455 g/mol. The second-order valence-corrected chi connectivity index (χ2v) is 12.1. The molecular weight excluding hydrogens is 438 g/mol. The molecule has 0 unspecified atom stereocenters. The maximum atomic E-state index is 13.2. The number of alkyl halides is 1. The Kier molecular flexibility index (Phi) is 4.95. The van der Waals surface area contributed by atoms with Gasteiger partial charge in [-0.25, -0.2) is 16.8 Å². The highest BCUT2D eigenvalue weighted by atomic mass is 35.5. The van der Waals surface area contributed by atoms with Crippen molar-refractivity contribution in [1.82, 2.24) is 0 Å². The van der Waals surface area contributed by atoms with Crippen LogP contribution in [0.3, 0.4) is 0 Å². The van der Waals surface area contributed by atoms with Gasteiger partial charge in [-0.05, 0) is 30.7 Å². The van der Waals surface area contributed by atoms with Crippen molar-refractivity contribution in [1.29, 1.82) is 0 Å². The number of rotatable bonds is 5. The van der Waals surface area contributed by atoms with E-state index in [0.717, 1.165) is 0 Å². The summed E-state index contributed by atoms with van der Waals surface area (Å²) in [6, 6.07) is 13.6. The molecule has 2 fully saturated rings. The first-order valence-corrected chi connectivity index (χ1v) is 12.6. The van der Waals surface area contributed by atoms with E-state index in [4.69, 9.17) is 11.6 Å². The van der Waals surface area contributed by atoms with Crippen molar-refractivity contribution in [2.24, 2.45) is 11.8 Å². The van der Waals surface area contributed by atoms with E-state index >= 15 is 0 Å². The highest BCUT2D eigenvalue weighted by molar-refractivity contribution is 7.92. The molecule has 7 nitrogen and oxygen atoms in total.